The first-order valence-electron chi connectivity index (χ1n) is 6.02. The van der Waals surface area contributed by atoms with Crippen molar-refractivity contribution in [3.8, 4) is 0 Å². The summed E-state index contributed by atoms with van der Waals surface area (Å²) >= 11 is 1.67. The topological polar surface area (TPSA) is 41.6 Å². The molecule has 98 valence electrons. The van der Waals surface area contributed by atoms with Gasteiger partial charge in [0.1, 0.15) is 0 Å². The van der Waals surface area contributed by atoms with Crippen molar-refractivity contribution in [3.63, 3.8) is 0 Å². The minimum Gasteiger partial charge on any atom is -0.379 e. The Hall–Kier alpha value is -1.04. The molecule has 0 bridgehead atoms. The number of benzene rings is 1. The third-order valence-electron chi connectivity index (χ3n) is 2.82. The molecular weight excluding hydrogens is 248 g/mol. The number of carbonyl (C=O) groups excluding carboxylic acids is 1. The summed E-state index contributed by atoms with van der Waals surface area (Å²) in [6.45, 7) is 3.54. The second kappa shape index (κ2) is 6.78. The van der Waals surface area contributed by atoms with Gasteiger partial charge in [-0.1, -0.05) is 6.07 Å². The van der Waals surface area contributed by atoms with Crippen LogP contribution in [-0.2, 0) is 9.53 Å². The van der Waals surface area contributed by atoms with Gasteiger partial charge in [0.25, 0.3) is 0 Å². The Labute approximate surface area is 112 Å². The molecule has 0 aliphatic carbocycles. The predicted octanol–water partition coefficient (Wildman–Crippen LogP) is 1.68. The van der Waals surface area contributed by atoms with E-state index in [2.05, 4.69) is 10.2 Å². The number of thioether (sulfide) groups is 1. The van der Waals surface area contributed by atoms with Crippen LogP contribution in [0.4, 0.5) is 5.69 Å². The first-order chi connectivity index (χ1) is 8.78. The number of anilines is 1. The minimum absolute atomic E-state index is 0.0372. The highest BCUT2D eigenvalue weighted by atomic mass is 32.2. The highest BCUT2D eigenvalue weighted by molar-refractivity contribution is 7.98. The first kappa shape index (κ1) is 13.4. The SMILES string of the molecule is CSc1cccc(NC(=O)CN2CCOCC2)c1. The van der Waals surface area contributed by atoms with Gasteiger partial charge in [-0.3, -0.25) is 9.69 Å². The van der Waals surface area contributed by atoms with E-state index in [0.29, 0.717) is 6.54 Å². The third-order valence-corrected chi connectivity index (χ3v) is 3.55. The average molecular weight is 266 g/mol. The number of hydrogen-bond acceptors (Lipinski definition) is 4. The number of carbonyl (C=O) groups is 1. The van der Waals surface area contributed by atoms with E-state index in [1.807, 2.05) is 30.5 Å². The van der Waals surface area contributed by atoms with Crippen molar-refractivity contribution in [3.05, 3.63) is 24.3 Å². The zero-order valence-electron chi connectivity index (χ0n) is 10.5. The molecule has 0 spiro atoms. The van der Waals surface area contributed by atoms with Crippen LogP contribution >= 0.6 is 11.8 Å². The molecule has 2 rings (SSSR count). The zero-order chi connectivity index (χ0) is 12.8. The van der Waals surface area contributed by atoms with Crippen LogP contribution in [0.5, 0.6) is 0 Å². The van der Waals surface area contributed by atoms with Gasteiger partial charge in [0, 0.05) is 23.7 Å². The van der Waals surface area contributed by atoms with Gasteiger partial charge < -0.3 is 10.1 Å². The Bertz CT molecular complexity index is 406. The Morgan fingerprint density at radius 1 is 1.44 bits per heavy atom. The van der Waals surface area contributed by atoms with Crippen LogP contribution in [0.15, 0.2) is 29.2 Å². The molecule has 0 saturated carbocycles. The Balaban J connectivity index is 1.85. The van der Waals surface area contributed by atoms with E-state index in [-0.39, 0.29) is 5.91 Å². The highest BCUT2D eigenvalue weighted by Crippen LogP contribution is 2.18. The lowest BCUT2D eigenvalue weighted by molar-refractivity contribution is -0.118. The summed E-state index contributed by atoms with van der Waals surface area (Å²) in [6, 6.07) is 7.89. The van der Waals surface area contributed by atoms with E-state index in [0.717, 1.165) is 36.9 Å². The summed E-state index contributed by atoms with van der Waals surface area (Å²) in [5, 5.41) is 2.93. The van der Waals surface area contributed by atoms with Crippen LogP contribution in [0, 0.1) is 0 Å². The van der Waals surface area contributed by atoms with Gasteiger partial charge in [-0.25, -0.2) is 0 Å². The molecule has 1 amide bonds. The number of ether oxygens (including phenoxy) is 1. The zero-order valence-corrected chi connectivity index (χ0v) is 11.3. The second-order valence-electron chi connectivity index (χ2n) is 4.17. The number of amides is 1. The van der Waals surface area contributed by atoms with Crippen molar-refractivity contribution in [1.82, 2.24) is 4.90 Å². The fraction of sp³-hybridized carbons (Fsp3) is 0.462. The smallest absolute Gasteiger partial charge is 0.238 e. The second-order valence-corrected chi connectivity index (χ2v) is 5.05. The molecule has 1 aromatic rings. The molecule has 0 unspecified atom stereocenters. The number of morpholine rings is 1. The average Bonchev–Trinajstić information content (AvgIpc) is 2.40. The van der Waals surface area contributed by atoms with Crippen molar-refractivity contribution in [1.29, 1.82) is 0 Å². The van der Waals surface area contributed by atoms with Gasteiger partial charge in [0.05, 0.1) is 19.8 Å². The molecule has 4 nitrogen and oxygen atoms in total. The van der Waals surface area contributed by atoms with Crippen molar-refractivity contribution < 1.29 is 9.53 Å². The summed E-state index contributed by atoms with van der Waals surface area (Å²) < 4.78 is 5.25. The van der Waals surface area contributed by atoms with Crippen LogP contribution < -0.4 is 5.32 Å². The monoisotopic (exact) mass is 266 g/mol. The molecule has 0 radical (unpaired) electrons. The summed E-state index contributed by atoms with van der Waals surface area (Å²) in [4.78, 5) is 15.1. The molecule has 0 atom stereocenters. The van der Waals surface area contributed by atoms with Gasteiger partial charge in [0.15, 0.2) is 0 Å². The summed E-state index contributed by atoms with van der Waals surface area (Å²) in [6.07, 6.45) is 2.02. The van der Waals surface area contributed by atoms with Gasteiger partial charge in [-0.05, 0) is 24.5 Å². The summed E-state index contributed by atoms with van der Waals surface area (Å²) in [5.74, 6) is 0.0372. The van der Waals surface area contributed by atoms with Gasteiger partial charge in [-0.2, -0.15) is 0 Å². The lowest BCUT2D eigenvalue weighted by Crippen LogP contribution is -2.41. The van der Waals surface area contributed by atoms with Crippen LogP contribution in [0.3, 0.4) is 0 Å². The number of hydrogen-bond donors (Lipinski definition) is 1. The maximum atomic E-state index is 11.9. The largest absolute Gasteiger partial charge is 0.379 e. The summed E-state index contributed by atoms with van der Waals surface area (Å²) in [7, 11) is 0. The molecule has 1 heterocycles. The standard InChI is InChI=1S/C13H18N2O2S/c1-18-12-4-2-3-11(9-12)14-13(16)10-15-5-7-17-8-6-15/h2-4,9H,5-8,10H2,1H3,(H,14,16). The molecule has 1 saturated heterocycles. The van der Waals surface area contributed by atoms with Crippen LogP contribution in [0.1, 0.15) is 0 Å². The third kappa shape index (κ3) is 4.01. The quantitative estimate of drug-likeness (QED) is 0.842. The van der Waals surface area contributed by atoms with E-state index >= 15 is 0 Å². The van der Waals surface area contributed by atoms with Crippen molar-refractivity contribution in [2.24, 2.45) is 0 Å². The molecule has 1 fully saturated rings. The lowest BCUT2D eigenvalue weighted by Gasteiger charge is -2.25. The van der Waals surface area contributed by atoms with E-state index in [4.69, 9.17) is 4.74 Å². The van der Waals surface area contributed by atoms with Crippen molar-refractivity contribution >= 4 is 23.4 Å². The summed E-state index contributed by atoms with van der Waals surface area (Å²) in [5.41, 5.74) is 0.861. The van der Waals surface area contributed by atoms with Crippen LogP contribution in [-0.4, -0.2) is 49.9 Å². The van der Waals surface area contributed by atoms with E-state index in [9.17, 15) is 4.79 Å². The molecule has 1 aliphatic heterocycles. The van der Waals surface area contributed by atoms with E-state index in [1.54, 1.807) is 11.8 Å². The molecular formula is C13H18N2O2S. The van der Waals surface area contributed by atoms with Crippen LogP contribution in [0.25, 0.3) is 0 Å². The van der Waals surface area contributed by atoms with Gasteiger partial charge in [-0.15, -0.1) is 11.8 Å². The van der Waals surface area contributed by atoms with Crippen molar-refractivity contribution in [2.75, 3.05) is 44.4 Å². The Morgan fingerprint density at radius 3 is 2.94 bits per heavy atom. The molecule has 18 heavy (non-hydrogen) atoms. The molecule has 5 heteroatoms. The number of nitrogens with one attached hydrogen (secondary N) is 1. The van der Waals surface area contributed by atoms with Gasteiger partial charge >= 0.3 is 0 Å². The lowest BCUT2D eigenvalue weighted by atomic mass is 10.3. The molecule has 1 aliphatic rings. The highest BCUT2D eigenvalue weighted by Gasteiger charge is 2.14. The van der Waals surface area contributed by atoms with Gasteiger partial charge in [0.2, 0.25) is 5.91 Å². The first-order valence-corrected chi connectivity index (χ1v) is 7.24. The van der Waals surface area contributed by atoms with Crippen LogP contribution in [0.2, 0.25) is 0 Å². The number of nitrogens with zero attached hydrogens (tertiary/aromatic N) is 1. The Morgan fingerprint density at radius 2 is 2.22 bits per heavy atom. The van der Waals surface area contributed by atoms with E-state index < -0.39 is 0 Å². The number of rotatable bonds is 4. The maximum Gasteiger partial charge on any atom is 0.238 e. The maximum absolute atomic E-state index is 11.9. The molecule has 1 N–H and O–H groups in total. The molecule has 1 aromatic carbocycles. The predicted molar refractivity (Wildman–Crippen MR) is 74.1 cm³/mol. The Kier molecular flexibility index (Phi) is 5.04. The fourth-order valence-corrected chi connectivity index (χ4v) is 2.32. The minimum atomic E-state index is 0.0372. The van der Waals surface area contributed by atoms with E-state index in [1.165, 1.54) is 0 Å². The fourth-order valence-electron chi connectivity index (χ4n) is 1.86. The molecule has 0 aromatic heterocycles. The normalized spacial score (nSPS) is 16.5. The van der Waals surface area contributed by atoms with Crippen molar-refractivity contribution in [2.45, 2.75) is 4.90 Å².